The zero-order valence-electron chi connectivity index (χ0n) is 12.9. The molecule has 4 rings (SSSR count). The Bertz CT molecular complexity index is 667. The van der Waals surface area contributed by atoms with Crippen molar-refractivity contribution in [2.45, 2.75) is 51.2 Å². The molecule has 1 saturated carbocycles. The molecule has 0 radical (unpaired) electrons. The second kappa shape index (κ2) is 4.33. The third-order valence-electron chi connectivity index (χ3n) is 6.74. The number of hydrogen-bond donors (Lipinski definition) is 3. The van der Waals surface area contributed by atoms with Crippen LogP contribution >= 0.6 is 0 Å². The molecule has 22 heavy (non-hydrogen) atoms. The first-order valence-electron chi connectivity index (χ1n) is 8.10. The van der Waals surface area contributed by atoms with E-state index in [0.29, 0.717) is 12.8 Å². The molecule has 3 aliphatic rings. The van der Waals surface area contributed by atoms with Gasteiger partial charge in [-0.15, -0.1) is 0 Å². The highest BCUT2D eigenvalue weighted by Crippen LogP contribution is 2.63. The van der Waals surface area contributed by atoms with Gasteiger partial charge in [0.1, 0.15) is 0 Å². The van der Waals surface area contributed by atoms with Crippen molar-refractivity contribution in [3.63, 3.8) is 0 Å². The van der Waals surface area contributed by atoms with Gasteiger partial charge in [-0.25, -0.2) is 0 Å². The SMILES string of the molecule is Cc1ccc2c3c1C[C@@H]1[C@@H](O)[C@H](O)[C@@H](C)[C@](C(=O)O)(CC2)[C@H]31. The van der Waals surface area contributed by atoms with Gasteiger partial charge < -0.3 is 15.3 Å². The van der Waals surface area contributed by atoms with Gasteiger partial charge in [0.2, 0.25) is 0 Å². The summed E-state index contributed by atoms with van der Waals surface area (Å²) < 4.78 is 0. The number of rotatable bonds is 1. The molecule has 4 heteroatoms. The third-order valence-corrected chi connectivity index (χ3v) is 6.74. The van der Waals surface area contributed by atoms with Gasteiger partial charge in [0.15, 0.2) is 0 Å². The fraction of sp³-hybridized carbons (Fsp3) is 0.611. The van der Waals surface area contributed by atoms with Gasteiger partial charge in [0.05, 0.1) is 17.6 Å². The molecule has 4 nitrogen and oxygen atoms in total. The van der Waals surface area contributed by atoms with Gasteiger partial charge >= 0.3 is 5.97 Å². The van der Waals surface area contributed by atoms with E-state index in [1.54, 1.807) is 6.92 Å². The molecule has 1 aromatic rings. The average Bonchev–Trinajstić information content (AvgIpc) is 2.90. The number of carboxylic acid groups (broad SMARTS) is 1. The number of carboxylic acids is 1. The van der Waals surface area contributed by atoms with E-state index in [2.05, 4.69) is 19.1 Å². The first kappa shape index (κ1) is 14.2. The topological polar surface area (TPSA) is 77.8 Å². The van der Waals surface area contributed by atoms with Gasteiger partial charge in [-0.3, -0.25) is 4.79 Å². The van der Waals surface area contributed by atoms with Gasteiger partial charge in [0, 0.05) is 11.8 Å². The summed E-state index contributed by atoms with van der Waals surface area (Å²) in [7, 11) is 0. The summed E-state index contributed by atoms with van der Waals surface area (Å²) in [4.78, 5) is 12.2. The van der Waals surface area contributed by atoms with Crippen LogP contribution in [0.4, 0.5) is 0 Å². The summed E-state index contributed by atoms with van der Waals surface area (Å²) in [5.74, 6) is -1.61. The number of aliphatic carboxylic acids is 1. The Labute approximate surface area is 129 Å². The van der Waals surface area contributed by atoms with Crippen LogP contribution in [-0.4, -0.2) is 33.5 Å². The van der Waals surface area contributed by atoms with Crippen molar-refractivity contribution in [2.24, 2.45) is 17.3 Å². The molecular formula is C18H22O4. The van der Waals surface area contributed by atoms with Gasteiger partial charge in [-0.2, -0.15) is 0 Å². The molecule has 0 bridgehead atoms. The largest absolute Gasteiger partial charge is 0.481 e. The molecule has 0 aliphatic heterocycles. The highest BCUT2D eigenvalue weighted by Gasteiger charge is 2.65. The molecule has 0 spiro atoms. The molecule has 0 unspecified atom stereocenters. The molecule has 0 saturated heterocycles. The minimum Gasteiger partial charge on any atom is -0.481 e. The smallest absolute Gasteiger partial charge is 0.310 e. The van der Waals surface area contributed by atoms with Gasteiger partial charge in [-0.1, -0.05) is 19.1 Å². The Balaban J connectivity index is 2.00. The second-order valence-electron chi connectivity index (χ2n) is 7.39. The molecule has 0 heterocycles. The van der Waals surface area contributed by atoms with Crippen LogP contribution in [0, 0.1) is 24.2 Å². The fourth-order valence-electron chi connectivity index (χ4n) is 5.52. The maximum absolute atomic E-state index is 12.2. The number of hydrogen-bond acceptors (Lipinski definition) is 3. The van der Waals surface area contributed by atoms with Crippen molar-refractivity contribution < 1.29 is 20.1 Å². The van der Waals surface area contributed by atoms with Crippen molar-refractivity contribution in [2.75, 3.05) is 0 Å². The fourth-order valence-corrected chi connectivity index (χ4v) is 5.52. The molecule has 1 aromatic carbocycles. The second-order valence-corrected chi connectivity index (χ2v) is 7.39. The van der Waals surface area contributed by atoms with Crippen LogP contribution in [-0.2, 0) is 17.6 Å². The Morgan fingerprint density at radius 3 is 2.68 bits per heavy atom. The molecule has 118 valence electrons. The van der Waals surface area contributed by atoms with Crippen LogP contribution in [0.1, 0.15) is 41.5 Å². The van der Waals surface area contributed by atoms with Crippen molar-refractivity contribution in [3.8, 4) is 0 Å². The van der Waals surface area contributed by atoms with E-state index in [1.165, 1.54) is 16.7 Å². The molecule has 3 aliphatic carbocycles. The summed E-state index contributed by atoms with van der Waals surface area (Å²) in [5.41, 5.74) is 3.83. The lowest BCUT2D eigenvalue weighted by Crippen LogP contribution is -2.60. The highest BCUT2D eigenvalue weighted by molar-refractivity contribution is 5.79. The summed E-state index contributed by atoms with van der Waals surface area (Å²) >= 11 is 0. The maximum Gasteiger partial charge on any atom is 0.310 e. The van der Waals surface area contributed by atoms with E-state index in [4.69, 9.17) is 0 Å². The molecule has 0 amide bonds. The lowest BCUT2D eigenvalue weighted by atomic mass is 9.51. The number of aliphatic hydroxyl groups excluding tert-OH is 2. The summed E-state index contributed by atoms with van der Waals surface area (Å²) in [6.07, 6.45) is 0.160. The molecule has 3 N–H and O–H groups in total. The Hall–Kier alpha value is -1.39. The molecule has 1 fully saturated rings. The maximum atomic E-state index is 12.2. The minimum atomic E-state index is -0.964. The summed E-state index contributed by atoms with van der Waals surface area (Å²) in [5, 5.41) is 31.1. The zero-order chi connectivity index (χ0) is 15.8. The number of aliphatic hydroxyl groups is 2. The van der Waals surface area contributed by atoms with E-state index < -0.39 is 29.5 Å². The summed E-state index contributed by atoms with van der Waals surface area (Å²) in [6, 6.07) is 4.22. The normalized spacial score (nSPS) is 42.1. The van der Waals surface area contributed by atoms with Crippen molar-refractivity contribution >= 4 is 5.97 Å². The van der Waals surface area contributed by atoms with E-state index in [9.17, 15) is 20.1 Å². The Kier molecular flexibility index (Phi) is 2.80. The molecule has 6 atom stereocenters. The zero-order valence-corrected chi connectivity index (χ0v) is 12.9. The lowest BCUT2D eigenvalue weighted by molar-refractivity contribution is -0.181. The van der Waals surface area contributed by atoms with Gasteiger partial charge in [-0.05, 0) is 54.4 Å². The molecule has 0 aromatic heterocycles. The molecular weight excluding hydrogens is 280 g/mol. The van der Waals surface area contributed by atoms with Crippen LogP contribution in [0.5, 0.6) is 0 Å². The number of benzene rings is 1. The summed E-state index contributed by atoms with van der Waals surface area (Å²) in [6.45, 7) is 3.84. The Morgan fingerprint density at radius 2 is 2.00 bits per heavy atom. The van der Waals surface area contributed by atoms with E-state index >= 15 is 0 Å². The lowest BCUT2D eigenvalue weighted by Gasteiger charge is -2.53. The van der Waals surface area contributed by atoms with E-state index in [1.807, 2.05) is 0 Å². The van der Waals surface area contributed by atoms with Crippen LogP contribution < -0.4 is 0 Å². The standard InChI is InChI=1S/C18H22O4/c1-8-3-4-10-5-6-18(17(21)22)9(2)15(19)16(20)12-7-11(8)13(10)14(12)18/h3-4,9,12,14-16,19-20H,5-7H2,1-2H3,(H,21,22)/t9-,12+,14+,15-,16-,18-/m1/s1. The number of carbonyl (C=O) groups is 1. The Morgan fingerprint density at radius 1 is 1.27 bits per heavy atom. The average molecular weight is 302 g/mol. The van der Waals surface area contributed by atoms with E-state index in [-0.39, 0.29) is 11.8 Å². The number of aryl methyl sites for hydroxylation is 2. The van der Waals surface area contributed by atoms with Crippen LogP contribution in [0.2, 0.25) is 0 Å². The van der Waals surface area contributed by atoms with Crippen molar-refractivity contribution in [1.82, 2.24) is 0 Å². The predicted octanol–water partition coefficient (Wildman–Crippen LogP) is 1.64. The van der Waals surface area contributed by atoms with Crippen LogP contribution in [0.15, 0.2) is 12.1 Å². The third kappa shape index (κ3) is 1.43. The first-order valence-corrected chi connectivity index (χ1v) is 8.10. The van der Waals surface area contributed by atoms with Crippen LogP contribution in [0.3, 0.4) is 0 Å². The highest BCUT2D eigenvalue weighted by atomic mass is 16.4. The van der Waals surface area contributed by atoms with E-state index in [0.717, 1.165) is 12.0 Å². The van der Waals surface area contributed by atoms with Crippen LogP contribution in [0.25, 0.3) is 0 Å². The van der Waals surface area contributed by atoms with Crippen molar-refractivity contribution in [3.05, 3.63) is 34.4 Å². The quantitative estimate of drug-likeness (QED) is 0.737. The van der Waals surface area contributed by atoms with Crippen molar-refractivity contribution in [1.29, 1.82) is 0 Å². The predicted molar refractivity (Wildman–Crippen MR) is 80.7 cm³/mol. The minimum absolute atomic E-state index is 0.169. The first-order chi connectivity index (χ1) is 10.4. The van der Waals surface area contributed by atoms with Gasteiger partial charge in [0.25, 0.3) is 0 Å². The monoisotopic (exact) mass is 302 g/mol.